The number of amides is 1. The first-order valence-electron chi connectivity index (χ1n) is 13.2. The molecule has 1 saturated heterocycles. The number of allylic oxidation sites excluding steroid dienone is 3. The van der Waals surface area contributed by atoms with Crippen LogP contribution in [-0.2, 0) is 4.79 Å². The van der Waals surface area contributed by atoms with Crippen LogP contribution in [0.25, 0.3) is 0 Å². The molecule has 5 heteroatoms. The summed E-state index contributed by atoms with van der Waals surface area (Å²) in [5.74, 6) is 2.28. The van der Waals surface area contributed by atoms with E-state index in [-0.39, 0.29) is 5.92 Å². The average molecular weight is 425 g/mol. The normalized spacial score (nSPS) is 37.7. The summed E-state index contributed by atoms with van der Waals surface area (Å²) in [5.41, 5.74) is 10.0. The Balaban J connectivity index is 1.11. The second-order valence-electron chi connectivity index (χ2n) is 11.2. The number of fused-ring (bicyclic) bond motifs is 1. The number of carbonyl (C=O) groups is 1. The molecule has 0 spiro atoms. The maximum Gasteiger partial charge on any atom is 0.226 e. The van der Waals surface area contributed by atoms with Gasteiger partial charge in [-0.3, -0.25) is 15.6 Å². The van der Waals surface area contributed by atoms with E-state index in [0.717, 1.165) is 31.7 Å². The summed E-state index contributed by atoms with van der Waals surface area (Å²) >= 11 is 0. The van der Waals surface area contributed by atoms with E-state index in [2.05, 4.69) is 32.8 Å². The lowest BCUT2D eigenvalue weighted by molar-refractivity contribution is -0.140. The molecule has 4 aliphatic carbocycles. The van der Waals surface area contributed by atoms with Gasteiger partial charge in [0, 0.05) is 49.4 Å². The SMILES string of the molecule is O=C(C1CCC2=C(CCN2CC2CC=CCC2)C1)N(C1CC1)C1CCC2NNCC2C1. The molecule has 0 aromatic carbocycles. The van der Waals surface area contributed by atoms with Crippen LogP contribution in [-0.4, -0.2) is 53.5 Å². The van der Waals surface area contributed by atoms with Crippen molar-refractivity contribution in [3.8, 4) is 0 Å². The minimum absolute atomic E-state index is 0.245. The van der Waals surface area contributed by atoms with Gasteiger partial charge in [-0.25, -0.2) is 0 Å². The molecule has 6 rings (SSSR count). The number of hydrogen-bond acceptors (Lipinski definition) is 4. The van der Waals surface area contributed by atoms with Gasteiger partial charge in [0.25, 0.3) is 0 Å². The number of rotatable bonds is 5. The Bertz CT molecular complexity index is 757. The highest BCUT2D eigenvalue weighted by Gasteiger charge is 2.45. The smallest absolute Gasteiger partial charge is 0.226 e. The first-order chi connectivity index (χ1) is 15.3. The molecule has 0 aromatic rings. The van der Waals surface area contributed by atoms with Crippen LogP contribution in [0.1, 0.15) is 77.0 Å². The highest BCUT2D eigenvalue weighted by Crippen LogP contribution is 2.42. The summed E-state index contributed by atoms with van der Waals surface area (Å²) in [5, 5.41) is 0. The van der Waals surface area contributed by atoms with Crippen molar-refractivity contribution < 1.29 is 4.79 Å². The lowest BCUT2D eigenvalue weighted by Crippen LogP contribution is -2.50. The minimum atomic E-state index is 0.245. The molecule has 5 nitrogen and oxygen atoms in total. The fourth-order valence-corrected chi connectivity index (χ4v) is 7.23. The van der Waals surface area contributed by atoms with Crippen LogP contribution in [0.3, 0.4) is 0 Å². The number of hydrogen-bond donors (Lipinski definition) is 2. The average Bonchev–Trinajstić information content (AvgIpc) is 3.38. The van der Waals surface area contributed by atoms with Crippen LogP contribution in [0.15, 0.2) is 23.4 Å². The fraction of sp³-hybridized carbons (Fsp3) is 0.808. The topological polar surface area (TPSA) is 47.6 Å². The molecule has 2 aliphatic heterocycles. The zero-order valence-corrected chi connectivity index (χ0v) is 19.0. The standard InChI is InChI=1S/C26H40N4O/c31-26(30(22-7-8-22)23-9-10-24-21(15-23)16-27-28-24)20-6-11-25-19(14-20)12-13-29(25)17-18-4-2-1-3-5-18/h1-2,18,20-24,27-28H,3-17H2. The van der Waals surface area contributed by atoms with Crippen LogP contribution in [0, 0.1) is 17.8 Å². The number of nitrogens with one attached hydrogen (secondary N) is 2. The molecule has 3 fully saturated rings. The van der Waals surface area contributed by atoms with E-state index in [0.29, 0.717) is 30.0 Å². The molecule has 170 valence electrons. The van der Waals surface area contributed by atoms with Gasteiger partial charge in [-0.1, -0.05) is 12.2 Å². The maximum atomic E-state index is 13.8. The monoisotopic (exact) mass is 424 g/mol. The highest BCUT2D eigenvalue weighted by molar-refractivity contribution is 5.80. The summed E-state index contributed by atoms with van der Waals surface area (Å²) in [7, 11) is 0. The van der Waals surface area contributed by atoms with Gasteiger partial charge in [0.1, 0.15) is 0 Å². The Labute approximate surface area is 187 Å². The molecule has 0 radical (unpaired) electrons. The Kier molecular flexibility index (Phi) is 5.60. The van der Waals surface area contributed by atoms with Crippen molar-refractivity contribution in [3.63, 3.8) is 0 Å². The van der Waals surface area contributed by atoms with Crippen molar-refractivity contribution in [3.05, 3.63) is 23.4 Å². The van der Waals surface area contributed by atoms with E-state index in [1.54, 1.807) is 11.3 Å². The number of nitrogens with zero attached hydrogens (tertiary/aromatic N) is 2. The third-order valence-corrected chi connectivity index (χ3v) is 9.10. The van der Waals surface area contributed by atoms with Gasteiger partial charge in [-0.05, 0) is 94.5 Å². The van der Waals surface area contributed by atoms with Crippen molar-refractivity contribution in [2.24, 2.45) is 17.8 Å². The molecule has 1 amide bonds. The van der Waals surface area contributed by atoms with E-state index >= 15 is 0 Å². The molecule has 6 aliphatic rings. The van der Waals surface area contributed by atoms with Gasteiger partial charge in [0.05, 0.1) is 0 Å². The van der Waals surface area contributed by atoms with Crippen molar-refractivity contribution in [1.29, 1.82) is 0 Å². The molecular weight excluding hydrogens is 384 g/mol. The quantitative estimate of drug-likeness (QED) is 0.660. The molecule has 5 unspecified atom stereocenters. The molecule has 5 atom stereocenters. The van der Waals surface area contributed by atoms with Gasteiger partial charge in [-0.2, -0.15) is 0 Å². The Morgan fingerprint density at radius 1 is 1.06 bits per heavy atom. The molecule has 2 heterocycles. The molecule has 0 bridgehead atoms. The second-order valence-corrected chi connectivity index (χ2v) is 11.2. The fourth-order valence-electron chi connectivity index (χ4n) is 7.23. The van der Waals surface area contributed by atoms with Gasteiger partial charge >= 0.3 is 0 Å². The zero-order chi connectivity index (χ0) is 20.8. The first-order valence-corrected chi connectivity index (χ1v) is 13.2. The predicted molar refractivity (Wildman–Crippen MR) is 123 cm³/mol. The summed E-state index contributed by atoms with van der Waals surface area (Å²) < 4.78 is 0. The van der Waals surface area contributed by atoms with Gasteiger partial charge < -0.3 is 9.80 Å². The van der Waals surface area contributed by atoms with Crippen LogP contribution in [0.4, 0.5) is 0 Å². The maximum absolute atomic E-state index is 13.8. The molecule has 31 heavy (non-hydrogen) atoms. The van der Waals surface area contributed by atoms with E-state index < -0.39 is 0 Å². The van der Waals surface area contributed by atoms with E-state index in [1.165, 1.54) is 70.9 Å². The second kappa shape index (κ2) is 8.55. The minimum Gasteiger partial charge on any atom is -0.374 e. The van der Waals surface area contributed by atoms with Crippen LogP contribution >= 0.6 is 0 Å². The van der Waals surface area contributed by atoms with E-state index in [9.17, 15) is 4.79 Å². The Morgan fingerprint density at radius 2 is 1.97 bits per heavy atom. The third kappa shape index (κ3) is 4.08. The van der Waals surface area contributed by atoms with Crippen molar-refractivity contribution in [2.75, 3.05) is 19.6 Å². The Hall–Kier alpha value is -1.33. The predicted octanol–water partition coefficient (Wildman–Crippen LogP) is 3.74. The summed E-state index contributed by atoms with van der Waals surface area (Å²) in [6, 6.07) is 1.66. The van der Waals surface area contributed by atoms with Crippen molar-refractivity contribution in [2.45, 2.75) is 95.2 Å². The van der Waals surface area contributed by atoms with Crippen LogP contribution < -0.4 is 10.9 Å². The van der Waals surface area contributed by atoms with Crippen molar-refractivity contribution >= 4 is 5.91 Å². The Morgan fingerprint density at radius 3 is 2.81 bits per heavy atom. The van der Waals surface area contributed by atoms with Gasteiger partial charge in [0.15, 0.2) is 0 Å². The highest BCUT2D eigenvalue weighted by atomic mass is 16.2. The van der Waals surface area contributed by atoms with Gasteiger partial charge in [-0.15, -0.1) is 0 Å². The van der Waals surface area contributed by atoms with Gasteiger partial charge in [0.2, 0.25) is 5.91 Å². The number of hydrazine groups is 1. The summed E-state index contributed by atoms with van der Waals surface area (Å²) in [4.78, 5) is 18.9. The summed E-state index contributed by atoms with van der Waals surface area (Å²) in [6.07, 6.45) is 19.1. The van der Waals surface area contributed by atoms with E-state index in [4.69, 9.17) is 0 Å². The lowest BCUT2D eigenvalue weighted by atomic mass is 9.80. The van der Waals surface area contributed by atoms with Crippen LogP contribution in [0.2, 0.25) is 0 Å². The third-order valence-electron chi connectivity index (χ3n) is 9.10. The van der Waals surface area contributed by atoms with E-state index in [1.807, 2.05) is 0 Å². The molecule has 2 N–H and O–H groups in total. The summed E-state index contributed by atoms with van der Waals surface area (Å²) in [6.45, 7) is 3.51. The first kappa shape index (κ1) is 20.3. The molecule has 2 saturated carbocycles. The zero-order valence-electron chi connectivity index (χ0n) is 19.0. The number of carbonyl (C=O) groups excluding carboxylic acids is 1. The molecule has 0 aromatic heterocycles. The molecular formula is C26H40N4O. The largest absolute Gasteiger partial charge is 0.374 e. The van der Waals surface area contributed by atoms with Crippen LogP contribution in [0.5, 0.6) is 0 Å². The lowest BCUT2D eigenvalue weighted by Gasteiger charge is -2.41. The van der Waals surface area contributed by atoms with Crippen molar-refractivity contribution in [1.82, 2.24) is 20.7 Å².